The number of anilines is 2. The van der Waals surface area contributed by atoms with E-state index in [1.165, 1.54) is 11.3 Å². The maximum Gasteiger partial charge on any atom is 0.329 e. The summed E-state index contributed by atoms with van der Waals surface area (Å²) in [5.41, 5.74) is 2.05. The van der Waals surface area contributed by atoms with Gasteiger partial charge in [-0.3, -0.25) is 15.5 Å². The minimum Gasteiger partial charge on any atom is -0.364 e. The van der Waals surface area contributed by atoms with E-state index in [2.05, 4.69) is 25.7 Å². The van der Waals surface area contributed by atoms with Crippen LogP contribution < -0.4 is 16.6 Å². The second kappa shape index (κ2) is 6.02. The lowest BCUT2D eigenvalue weighted by Gasteiger charge is -2.06. The van der Waals surface area contributed by atoms with Crippen molar-refractivity contribution >= 4 is 28.8 Å². The van der Waals surface area contributed by atoms with E-state index >= 15 is 0 Å². The van der Waals surface area contributed by atoms with E-state index in [-0.39, 0.29) is 17.5 Å². The quantitative estimate of drug-likeness (QED) is 0.402. The third kappa shape index (κ3) is 3.33. The number of nitrogens with one attached hydrogen (secondary N) is 2. The van der Waals surface area contributed by atoms with Gasteiger partial charge < -0.3 is 5.32 Å². The molecule has 19 heavy (non-hydrogen) atoms. The molecule has 0 aliphatic carbocycles. The zero-order chi connectivity index (χ0) is 13.7. The Morgan fingerprint density at radius 1 is 1.47 bits per heavy atom. The third-order valence-electron chi connectivity index (χ3n) is 2.21. The molecule has 2 aromatic rings. The highest BCUT2D eigenvalue weighted by Crippen LogP contribution is 2.21. The molecular formula is C9H11N7O2S. The summed E-state index contributed by atoms with van der Waals surface area (Å²) in [6.07, 6.45) is 3.47. The zero-order valence-corrected chi connectivity index (χ0v) is 10.6. The summed E-state index contributed by atoms with van der Waals surface area (Å²) in [6, 6.07) is 0. The summed E-state index contributed by atoms with van der Waals surface area (Å²) in [5, 5.41) is 16.5. The molecule has 0 aromatic carbocycles. The van der Waals surface area contributed by atoms with Gasteiger partial charge in [0, 0.05) is 24.5 Å². The number of thiazole rings is 1. The maximum atomic E-state index is 10.8. The van der Waals surface area contributed by atoms with Crippen LogP contribution in [-0.2, 0) is 6.42 Å². The van der Waals surface area contributed by atoms with Crippen LogP contribution in [0.5, 0.6) is 0 Å². The van der Waals surface area contributed by atoms with Crippen LogP contribution in [0.4, 0.5) is 17.5 Å². The van der Waals surface area contributed by atoms with Crippen LogP contribution in [0.15, 0.2) is 17.8 Å². The van der Waals surface area contributed by atoms with E-state index in [0.717, 1.165) is 11.2 Å². The number of nitrogens with zero attached hydrogens (tertiary/aromatic N) is 4. The van der Waals surface area contributed by atoms with E-state index in [4.69, 9.17) is 5.84 Å². The topological polar surface area (TPSA) is 132 Å². The third-order valence-corrected chi connectivity index (χ3v) is 3.05. The van der Waals surface area contributed by atoms with Crippen molar-refractivity contribution in [2.75, 3.05) is 17.3 Å². The van der Waals surface area contributed by atoms with Gasteiger partial charge in [0.1, 0.15) is 6.20 Å². The number of rotatable bonds is 6. The Hall–Kier alpha value is -2.33. The Kier molecular flexibility index (Phi) is 4.15. The average molecular weight is 281 g/mol. The predicted octanol–water partition coefficient (Wildman–Crippen LogP) is 0.781. The fourth-order valence-corrected chi connectivity index (χ4v) is 1.99. The van der Waals surface area contributed by atoms with Gasteiger partial charge in [0.05, 0.1) is 9.93 Å². The molecule has 0 saturated carbocycles. The van der Waals surface area contributed by atoms with Crippen molar-refractivity contribution in [3.05, 3.63) is 32.9 Å². The summed E-state index contributed by atoms with van der Waals surface area (Å²) in [7, 11) is 0. The molecule has 0 saturated heterocycles. The molecule has 0 radical (unpaired) electrons. The van der Waals surface area contributed by atoms with Gasteiger partial charge >= 0.3 is 5.69 Å². The van der Waals surface area contributed by atoms with Gasteiger partial charge in [0.15, 0.2) is 0 Å². The van der Waals surface area contributed by atoms with Gasteiger partial charge in [-0.15, -0.1) is 11.3 Å². The summed E-state index contributed by atoms with van der Waals surface area (Å²) in [4.78, 5) is 22.0. The van der Waals surface area contributed by atoms with Crippen molar-refractivity contribution in [1.82, 2.24) is 15.0 Å². The number of nitrogens with two attached hydrogens (primary N) is 1. The van der Waals surface area contributed by atoms with Gasteiger partial charge in [0.2, 0.25) is 11.8 Å². The number of hydrogen-bond donors (Lipinski definition) is 3. The molecule has 0 unspecified atom stereocenters. The Morgan fingerprint density at radius 2 is 2.32 bits per heavy atom. The number of nitro groups is 1. The highest BCUT2D eigenvalue weighted by atomic mass is 32.1. The van der Waals surface area contributed by atoms with E-state index < -0.39 is 4.92 Å². The fraction of sp³-hybridized carbons (Fsp3) is 0.222. The molecule has 9 nitrogen and oxygen atoms in total. The Balaban J connectivity index is 2.06. The first kappa shape index (κ1) is 13.1. The van der Waals surface area contributed by atoms with Crippen molar-refractivity contribution in [3.8, 4) is 0 Å². The van der Waals surface area contributed by atoms with Gasteiger partial charge in [-0.05, 0) is 0 Å². The summed E-state index contributed by atoms with van der Waals surface area (Å²) >= 11 is 1.53. The van der Waals surface area contributed by atoms with Crippen molar-refractivity contribution in [1.29, 1.82) is 0 Å². The monoisotopic (exact) mass is 281 g/mol. The molecule has 2 aromatic heterocycles. The normalized spacial score (nSPS) is 10.2. The first-order valence-corrected chi connectivity index (χ1v) is 6.19. The minimum atomic E-state index is -0.550. The number of aromatic nitrogens is 3. The van der Waals surface area contributed by atoms with E-state index in [9.17, 15) is 10.1 Å². The summed E-state index contributed by atoms with van der Waals surface area (Å²) in [5.74, 6) is 5.41. The highest BCUT2D eigenvalue weighted by molar-refractivity contribution is 7.09. The van der Waals surface area contributed by atoms with Crippen LogP contribution in [0, 0.1) is 10.1 Å². The fourth-order valence-electron chi connectivity index (χ4n) is 1.37. The van der Waals surface area contributed by atoms with Crippen LogP contribution >= 0.6 is 11.3 Å². The molecule has 0 fully saturated rings. The molecule has 0 atom stereocenters. The second-order valence-corrected chi connectivity index (χ2v) is 4.41. The van der Waals surface area contributed by atoms with Crippen LogP contribution in [0.25, 0.3) is 0 Å². The van der Waals surface area contributed by atoms with Crippen LogP contribution in [-0.4, -0.2) is 26.4 Å². The Labute approximate surface area is 112 Å². The number of nitrogen functional groups attached to an aromatic ring is 1. The lowest BCUT2D eigenvalue weighted by Crippen LogP contribution is -2.14. The largest absolute Gasteiger partial charge is 0.364 e. The smallest absolute Gasteiger partial charge is 0.329 e. The van der Waals surface area contributed by atoms with Crippen molar-refractivity contribution < 1.29 is 4.92 Å². The molecule has 2 heterocycles. The lowest BCUT2D eigenvalue weighted by atomic mass is 10.4. The molecule has 0 aliphatic rings. The SMILES string of the molecule is NNc1ncc([N+](=O)[O-])c(NCCc2nccs2)n1. The first-order valence-electron chi connectivity index (χ1n) is 5.31. The molecule has 0 spiro atoms. The first-order chi connectivity index (χ1) is 9.20. The van der Waals surface area contributed by atoms with Gasteiger partial charge in [-0.2, -0.15) is 4.98 Å². The van der Waals surface area contributed by atoms with Gasteiger partial charge in [-0.25, -0.2) is 15.8 Å². The predicted molar refractivity (Wildman–Crippen MR) is 70.8 cm³/mol. The van der Waals surface area contributed by atoms with Crippen LogP contribution in [0.1, 0.15) is 5.01 Å². The van der Waals surface area contributed by atoms with Crippen LogP contribution in [0.2, 0.25) is 0 Å². The van der Waals surface area contributed by atoms with E-state index in [1.807, 2.05) is 5.38 Å². The van der Waals surface area contributed by atoms with E-state index in [0.29, 0.717) is 13.0 Å². The highest BCUT2D eigenvalue weighted by Gasteiger charge is 2.16. The molecule has 0 bridgehead atoms. The molecule has 4 N–H and O–H groups in total. The molecule has 0 aliphatic heterocycles. The standard InChI is InChI=1S/C9H11N7O2S/c10-15-9-13-5-6(16(17)18)8(14-9)12-2-1-7-11-3-4-19-7/h3-5H,1-2,10H2,(H2,12,13,14,15). The Bertz CT molecular complexity index is 560. The number of hydrazine groups is 1. The summed E-state index contributed by atoms with van der Waals surface area (Å²) in [6.45, 7) is 0.482. The molecule has 0 amide bonds. The van der Waals surface area contributed by atoms with Gasteiger partial charge in [0.25, 0.3) is 0 Å². The molecular weight excluding hydrogens is 270 g/mol. The average Bonchev–Trinajstić information content (AvgIpc) is 2.91. The van der Waals surface area contributed by atoms with Crippen molar-refractivity contribution in [3.63, 3.8) is 0 Å². The summed E-state index contributed by atoms with van der Waals surface area (Å²) < 4.78 is 0. The molecule has 10 heteroatoms. The van der Waals surface area contributed by atoms with Crippen molar-refractivity contribution in [2.24, 2.45) is 5.84 Å². The van der Waals surface area contributed by atoms with Crippen molar-refractivity contribution in [2.45, 2.75) is 6.42 Å². The molecule has 100 valence electrons. The van der Waals surface area contributed by atoms with E-state index in [1.54, 1.807) is 6.20 Å². The lowest BCUT2D eigenvalue weighted by molar-refractivity contribution is -0.384. The number of hydrogen-bond acceptors (Lipinski definition) is 9. The van der Waals surface area contributed by atoms with Gasteiger partial charge in [-0.1, -0.05) is 0 Å². The maximum absolute atomic E-state index is 10.8. The second-order valence-electron chi connectivity index (χ2n) is 3.43. The molecule has 2 rings (SSSR count). The minimum absolute atomic E-state index is 0.113. The Morgan fingerprint density at radius 3 is 2.95 bits per heavy atom. The zero-order valence-electron chi connectivity index (χ0n) is 9.74. The van der Waals surface area contributed by atoms with Crippen LogP contribution in [0.3, 0.4) is 0 Å².